The smallest absolute Gasteiger partial charge is 0.311 e. The Hall–Kier alpha value is 0.267. The molecule has 1 saturated heterocycles. The molecular weight excluding hydrogens is 509 g/mol. The minimum atomic E-state index is -2.11. The van der Waals surface area contributed by atoms with Crippen LogP contribution in [0.15, 0.2) is 0 Å². The van der Waals surface area contributed by atoms with Gasteiger partial charge in [0.05, 0.1) is 34.9 Å². The molecule has 0 aliphatic carbocycles. The fraction of sp³-hybridized carbons (Fsp3) is 0.964. The van der Waals surface area contributed by atoms with E-state index in [1.165, 1.54) is 17.9 Å². The van der Waals surface area contributed by atoms with Gasteiger partial charge in [-0.15, -0.1) is 23.5 Å². The topological polar surface area (TPSA) is 54.0 Å². The van der Waals surface area contributed by atoms with Crippen LogP contribution >= 0.6 is 23.5 Å². The summed E-state index contributed by atoms with van der Waals surface area (Å²) in [6.45, 7) is 24.3. The largest absolute Gasteiger partial charge is 0.465 e. The maximum absolute atomic E-state index is 12.3. The first-order valence-electron chi connectivity index (χ1n) is 13.5. The van der Waals surface area contributed by atoms with E-state index in [0.717, 1.165) is 12.8 Å². The molecule has 5 nitrogen and oxygen atoms in total. The van der Waals surface area contributed by atoms with E-state index in [1.54, 1.807) is 7.11 Å². The first-order chi connectivity index (χ1) is 16.4. The van der Waals surface area contributed by atoms with Crippen LogP contribution in [0.3, 0.4) is 0 Å². The molecule has 1 fully saturated rings. The number of carbonyl (C=O) groups excluding carboxylic acids is 1. The van der Waals surface area contributed by atoms with Gasteiger partial charge in [0.1, 0.15) is 0 Å². The number of methoxy groups -OCH3 is 2. The second-order valence-electron chi connectivity index (χ2n) is 13.7. The number of rotatable bonds is 13. The minimum Gasteiger partial charge on any atom is -0.465 e. The van der Waals surface area contributed by atoms with Crippen LogP contribution in [-0.2, 0) is 23.4 Å². The zero-order chi connectivity index (χ0) is 27.9. The summed E-state index contributed by atoms with van der Waals surface area (Å²) in [5.41, 5.74) is -0.409. The lowest BCUT2D eigenvalue weighted by Gasteiger charge is -2.46. The molecule has 0 radical (unpaired) electrons. The highest BCUT2D eigenvalue weighted by Gasteiger charge is 2.45. The van der Waals surface area contributed by atoms with Crippen molar-refractivity contribution < 1.29 is 23.4 Å². The molecule has 0 spiro atoms. The normalized spacial score (nSPS) is 20.0. The summed E-state index contributed by atoms with van der Waals surface area (Å²) < 4.78 is 25.6. The number of thioether (sulfide) groups is 2. The number of esters is 1. The van der Waals surface area contributed by atoms with Crippen LogP contribution in [0.2, 0.25) is 18.1 Å². The molecule has 0 N–H and O–H groups in total. The second-order valence-corrected chi connectivity index (χ2v) is 21.2. The van der Waals surface area contributed by atoms with Crippen molar-refractivity contribution in [2.24, 2.45) is 16.7 Å². The summed E-state index contributed by atoms with van der Waals surface area (Å²) >= 11 is 4.17. The molecule has 0 aromatic rings. The van der Waals surface area contributed by atoms with Crippen molar-refractivity contribution in [2.75, 3.05) is 32.3 Å². The van der Waals surface area contributed by atoms with E-state index in [2.05, 4.69) is 78.2 Å². The van der Waals surface area contributed by atoms with Crippen LogP contribution in [0.5, 0.6) is 0 Å². The van der Waals surface area contributed by atoms with Gasteiger partial charge in [0.15, 0.2) is 8.32 Å². The molecule has 36 heavy (non-hydrogen) atoms. The van der Waals surface area contributed by atoms with Crippen LogP contribution < -0.4 is 0 Å². The van der Waals surface area contributed by atoms with Crippen molar-refractivity contribution in [3.8, 4) is 0 Å². The summed E-state index contributed by atoms with van der Waals surface area (Å²) in [5, 5.41) is 0.0697. The Morgan fingerprint density at radius 1 is 0.944 bits per heavy atom. The average Bonchev–Trinajstić information content (AvgIpc) is 2.77. The molecule has 214 valence electrons. The third kappa shape index (κ3) is 10.4. The zero-order valence-electron chi connectivity index (χ0n) is 25.5. The number of hydrogen-bond acceptors (Lipinski definition) is 7. The molecule has 8 heteroatoms. The van der Waals surface area contributed by atoms with Gasteiger partial charge >= 0.3 is 5.97 Å². The Balaban J connectivity index is 3.16. The van der Waals surface area contributed by atoms with Crippen molar-refractivity contribution in [1.29, 1.82) is 0 Å². The summed E-state index contributed by atoms with van der Waals surface area (Å²) in [7, 11) is 1.47. The van der Waals surface area contributed by atoms with Gasteiger partial charge in [-0.3, -0.25) is 4.79 Å². The van der Waals surface area contributed by atoms with Crippen LogP contribution in [0, 0.1) is 16.7 Å². The van der Waals surface area contributed by atoms with Gasteiger partial charge < -0.3 is 18.6 Å². The van der Waals surface area contributed by atoms with Crippen molar-refractivity contribution in [3.63, 3.8) is 0 Å². The molecule has 0 aromatic carbocycles. The predicted octanol–water partition coefficient (Wildman–Crippen LogP) is 7.63. The third-order valence-corrected chi connectivity index (χ3v) is 15.7. The molecule has 0 saturated carbocycles. The Morgan fingerprint density at radius 3 is 1.92 bits per heavy atom. The van der Waals surface area contributed by atoms with Crippen LogP contribution in [0.4, 0.5) is 0 Å². The average molecular weight is 565 g/mol. The number of hydrogen-bond donors (Lipinski definition) is 0. The van der Waals surface area contributed by atoms with Gasteiger partial charge in [-0.25, -0.2) is 0 Å². The molecule has 1 aliphatic rings. The summed E-state index contributed by atoms with van der Waals surface area (Å²) in [5.74, 6) is 2.43. The van der Waals surface area contributed by atoms with E-state index in [1.807, 2.05) is 27.9 Å². The third-order valence-electron chi connectivity index (χ3n) is 7.51. The van der Waals surface area contributed by atoms with Crippen LogP contribution in [0.25, 0.3) is 0 Å². The Morgan fingerprint density at radius 2 is 1.47 bits per heavy atom. The molecule has 1 rings (SSSR count). The standard InChI is InChI=1S/C28H56O5S2Si/c1-20(19-32-24(29)26(2,3)4)17-21(30-10)23(33-36(12,13)27(5,6)7)22(31-11)18-28(8,9)25-34-15-14-16-35-25/h20-23,25H,14-19H2,1-13H3/t20-,21+,22+,23-/m1/s1. The SMILES string of the molecule is CO[C@@H](C[C@@H](C)COC(=O)C(C)(C)C)[C@@H](O[Si](C)(C)C(C)(C)C)[C@H](CC(C)(C)C1SCCCS1)OC. The predicted molar refractivity (Wildman–Crippen MR) is 160 cm³/mol. The molecule has 4 atom stereocenters. The van der Waals surface area contributed by atoms with Crippen LogP contribution in [0.1, 0.15) is 81.6 Å². The molecule has 1 heterocycles. The molecule has 0 aromatic heterocycles. The van der Waals surface area contributed by atoms with Crippen molar-refractivity contribution in [1.82, 2.24) is 0 Å². The van der Waals surface area contributed by atoms with E-state index >= 15 is 0 Å². The van der Waals surface area contributed by atoms with Crippen molar-refractivity contribution >= 4 is 37.8 Å². The molecule has 0 amide bonds. The van der Waals surface area contributed by atoms with E-state index in [0.29, 0.717) is 11.2 Å². The van der Waals surface area contributed by atoms with E-state index < -0.39 is 13.7 Å². The van der Waals surface area contributed by atoms with E-state index in [9.17, 15) is 4.79 Å². The maximum Gasteiger partial charge on any atom is 0.311 e. The number of ether oxygens (including phenoxy) is 3. The van der Waals surface area contributed by atoms with E-state index in [4.69, 9.17) is 18.6 Å². The molecular formula is C28H56O5S2Si. The molecule has 0 unspecified atom stereocenters. The van der Waals surface area contributed by atoms with E-state index in [-0.39, 0.29) is 40.7 Å². The number of carbonyl (C=O) groups is 1. The monoisotopic (exact) mass is 564 g/mol. The highest BCUT2D eigenvalue weighted by Crippen LogP contribution is 2.47. The summed E-state index contributed by atoms with van der Waals surface area (Å²) in [6, 6.07) is 0. The minimum absolute atomic E-state index is 0.0697. The quantitative estimate of drug-likeness (QED) is 0.168. The van der Waals surface area contributed by atoms with Gasteiger partial charge in [0.2, 0.25) is 0 Å². The Labute approximate surface area is 232 Å². The highest BCUT2D eigenvalue weighted by atomic mass is 32.2. The lowest BCUT2D eigenvalue weighted by molar-refractivity contribution is -0.155. The van der Waals surface area contributed by atoms with Gasteiger partial charge in [-0.1, -0.05) is 41.5 Å². The van der Waals surface area contributed by atoms with Gasteiger partial charge in [-0.2, -0.15) is 0 Å². The lowest BCUT2D eigenvalue weighted by Crippen LogP contribution is -2.53. The van der Waals surface area contributed by atoms with Gasteiger partial charge in [-0.05, 0) is 81.0 Å². The molecule has 1 aliphatic heterocycles. The first kappa shape index (κ1) is 34.3. The summed E-state index contributed by atoms with van der Waals surface area (Å²) in [6.07, 6.45) is 2.48. The molecule has 0 bridgehead atoms. The van der Waals surface area contributed by atoms with Crippen molar-refractivity contribution in [3.05, 3.63) is 0 Å². The van der Waals surface area contributed by atoms with Crippen molar-refractivity contribution in [2.45, 2.75) is 123 Å². The lowest BCUT2D eigenvalue weighted by atomic mass is 9.84. The fourth-order valence-corrected chi connectivity index (χ4v) is 8.69. The Bertz CT molecular complexity index is 666. The first-order valence-corrected chi connectivity index (χ1v) is 18.5. The maximum atomic E-state index is 12.3. The Kier molecular flexibility index (Phi) is 13.4. The highest BCUT2D eigenvalue weighted by molar-refractivity contribution is 8.17. The van der Waals surface area contributed by atoms with Crippen LogP contribution in [-0.4, -0.2) is 69.5 Å². The fourth-order valence-electron chi connectivity index (χ4n) is 4.06. The van der Waals surface area contributed by atoms with Gasteiger partial charge in [0.25, 0.3) is 0 Å². The summed E-state index contributed by atoms with van der Waals surface area (Å²) in [4.78, 5) is 12.3. The van der Waals surface area contributed by atoms with Gasteiger partial charge in [0, 0.05) is 14.2 Å². The second kappa shape index (κ2) is 14.1. The zero-order valence-corrected chi connectivity index (χ0v) is 28.1.